The summed E-state index contributed by atoms with van der Waals surface area (Å²) in [5.74, 6) is -9.91. The van der Waals surface area contributed by atoms with Crippen molar-refractivity contribution in [2.45, 2.75) is 42.9 Å². The summed E-state index contributed by atoms with van der Waals surface area (Å²) in [5.41, 5.74) is 14.9. The summed E-state index contributed by atoms with van der Waals surface area (Å²) in [6.07, 6.45) is 0.138. The molecule has 0 aromatic heterocycles. The summed E-state index contributed by atoms with van der Waals surface area (Å²) in [6, 6.07) is 11.9. The number of nitriles is 1. The molecule has 6 atom stereocenters. The van der Waals surface area contributed by atoms with Gasteiger partial charge in [0.05, 0.1) is 23.2 Å². The molecule has 0 aliphatic heterocycles. The van der Waals surface area contributed by atoms with Crippen molar-refractivity contribution in [1.29, 1.82) is 5.26 Å². The van der Waals surface area contributed by atoms with E-state index in [9.17, 15) is 34.3 Å². The number of nitrogens with zero attached hydrogens (tertiary/aromatic N) is 3. The van der Waals surface area contributed by atoms with Gasteiger partial charge in [-0.25, -0.2) is 0 Å². The van der Waals surface area contributed by atoms with Gasteiger partial charge in [-0.3, -0.25) is 28.9 Å². The number of nitrogens with one attached hydrogen (secondary N) is 1. The van der Waals surface area contributed by atoms with Crippen molar-refractivity contribution in [3.63, 3.8) is 0 Å². The Kier molecular flexibility index (Phi) is 8.15. The normalized spacial score (nSPS) is 30.3. The maximum absolute atomic E-state index is 14.6. The van der Waals surface area contributed by atoms with Gasteiger partial charge >= 0.3 is 0 Å². The number of carbonyl (C=O) groups excluding carboxylic acids is 5. The van der Waals surface area contributed by atoms with E-state index in [0.717, 1.165) is 12.0 Å². The highest BCUT2D eigenvalue weighted by Gasteiger charge is 2.78. The van der Waals surface area contributed by atoms with Crippen LogP contribution >= 0.6 is 0 Å². The van der Waals surface area contributed by atoms with Crippen LogP contribution in [0.4, 0.5) is 5.69 Å². The number of hydrogen-bond donors (Lipinski definition) is 5. The number of phenols is 1. The van der Waals surface area contributed by atoms with Crippen LogP contribution in [0.3, 0.4) is 0 Å². The summed E-state index contributed by atoms with van der Waals surface area (Å²) >= 11 is 0. The Hall–Kier alpha value is -4.48. The zero-order valence-corrected chi connectivity index (χ0v) is 26.3. The van der Waals surface area contributed by atoms with Gasteiger partial charge in [-0.1, -0.05) is 30.3 Å². The Morgan fingerprint density at radius 1 is 1.09 bits per heavy atom. The highest BCUT2D eigenvalue weighted by Crippen LogP contribution is 2.57. The fourth-order valence-corrected chi connectivity index (χ4v) is 7.94. The molecule has 2 saturated carbocycles. The SMILES string of the molecule is CN(C)c1cc(CNCCc2ccccc2)c(O)c2c1C[C@@]1(N)C[C@@]3(N)[C@H](N(C)C)C(=O)C(C(N)=O)C(=O)[C@@]3(C#N)C(=O)C1C2=O. The van der Waals surface area contributed by atoms with E-state index in [-0.39, 0.29) is 24.3 Å². The van der Waals surface area contributed by atoms with Crippen molar-refractivity contribution < 1.29 is 29.1 Å². The molecule has 1 amide bonds. The first kappa shape index (κ1) is 32.9. The lowest BCUT2D eigenvalue weighted by Gasteiger charge is -2.60. The van der Waals surface area contributed by atoms with Crippen LogP contribution in [-0.4, -0.2) is 90.9 Å². The Balaban J connectivity index is 1.62. The number of ketones is 4. The zero-order chi connectivity index (χ0) is 33.9. The fraction of sp³-hybridized carbons (Fsp3) is 0.455. The molecule has 13 heteroatoms. The van der Waals surface area contributed by atoms with E-state index in [1.165, 1.54) is 19.0 Å². The second kappa shape index (κ2) is 11.4. The molecule has 46 heavy (non-hydrogen) atoms. The van der Waals surface area contributed by atoms with E-state index in [0.29, 0.717) is 23.4 Å². The number of hydrogen-bond acceptors (Lipinski definition) is 12. The maximum atomic E-state index is 14.6. The van der Waals surface area contributed by atoms with Crippen molar-refractivity contribution in [2.75, 3.05) is 39.6 Å². The lowest BCUT2D eigenvalue weighted by molar-refractivity contribution is -0.166. The minimum atomic E-state index is -2.78. The molecule has 2 aromatic rings. The molecule has 3 aliphatic carbocycles. The second-order valence-electron chi connectivity index (χ2n) is 13.2. The van der Waals surface area contributed by atoms with Crippen molar-refractivity contribution in [3.05, 3.63) is 58.7 Å². The van der Waals surface area contributed by atoms with Crippen LogP contribution in [0.2, 0.25) is 0 Å². The predicted octanol–water partition coefficient (Wildman–Crippen LogP) is -0.793. The number of likely N-dealkylation sites (N-methyl/N-ethyl adjacent to an activating group) is 1. The molecule has 2 aromatic carbocycles. The Bertz CT molecular complexity index is 1700. The largest absolute Gasteiger partial charge is 0.507 e. The monoisotopic (exact) mass is 629 g/mol. The number of primary amides is 1. The molecule has 2 unspecified atom stereocenters. The van der Waals surface area contributed by atoms with Gasteiger partial charge in [0.15, 0.2) is 34.5 Å². The average molecular weight is 630 g/mol. The number of amides is 1. The smallest absolute Gasteiger partial charge is 0.235 e. The minimum Gasteiger partial charge on any atom is -0.507 e. The molecule has 3 aliphatic rings. The van der Waals surface area contributed by atoms with E-state index in [1.807, 2.05) is 30.3 Å². The molecule has 0 bridgehead atoms. The molecule has 8 N–H and O–H groups in total. The first-order valence-corrected chi connectivity index (χ1v) is 15.0. The van der Waals surface area contributed by atoms with Crippen LogP contribution in [-0.2, 0) is 38.6 Å². The number of nitrogens with two attached hydrogens (primary N) is 3. The molecular formula is C33H39N7O6. The Labute approximate surface area is 266 Å². The summed E-state index contributed by atoms with van der Waals surface area (Å²) in [7, 11) is 6.46. The van der Waals surface area contributed by atoms with Gasteiger partial charge in [-0.15, -0.1) is 0 Å². The molecule has 0 radical (unpaired) electrons. The average Bonchev–Trinajstić information content (AvgIpc) is 2.95. The van der Waals surface area contributed by atoms with Gasteiger partial charge in [-0.05, 0) is 57.1 Å². The summed E-state index contributed by atoms with van der Waals surface area (Å²) in [5, 5.41) is 25.4. The molecule has 2 fully saturated rings. The van der Waals surface area contributed by atoms with E-state index in [2.05, 4.69) is 5.32 Å². The minimum absolute atomic E-state index is 0.127. The van der Waals surface area contributed by atoms with Crippen molar-refractivity contribution in [3.8, 4) is 11.8 Å². The van der Waals surface area contributed by atoms with Crippen molar-refractivity contribution >= 4 is 34.7 Å². The van der Waals surface area contributed by atoms with Gasteiger partial charge in [-0.2, -0.15) is 5.26 Å². The van der Waals surface area contributed by atoms with Crippen LogP contribution in [0.1, 0.15) is 33.5 Å². The van der Waals surface area contributed by atoms with E-state index in [4.69, 9.17) is 17.2 Å². The number of fused-ring (bicyclic) bond motifs is 3. The molecule has 5 rings (SSSR count). The number of anilines is 1. The predicted molar refractivity (Wildman–Crippen MR) is 167 cm³/mol. The van der Waals surface area contributed by atoms with Crippen molar-refractivity contribution in [1.82, 2.24) is 10.2 Å². The van der Waals surface area contributed by atoms with Crippen LogP contribution in [0, 0.1) is 28.6 Å². The van der Waals surface area contributed by atoms with Gasteiger partial charge < -0.3 is 32.5 Å². The Morgan fingerprint density at radius 2 is 1.74 bits per heavy atom. The summed E-state index contributed by atoms with van der Waals surface area (Å²) < 4.78 is 0. The number of phenolic OH excluding ortho intramolecular Hbond substituents is 1. The van der Waals surface area contributed by atoms with Crippen LogP contribution in [0.5, 0.6) is 5.75 Å². The number of aromatic hydroxyl groups is 1. The molecule has 0 saturated heterocycles. The molecule has 0 heterocycles. The quantitative estimate of drug-likeness (QED) is 0.179. The van der Waals surface area contributed by atoms with E-state index < -0.39 is 69.8 Å². The number of benzene rings is 2. The van der Waals surface area contributed by atoms with Crippen LogP contribution < -0.4 is 27.4 Å². The first-order valence-electron chi connectivity index (χ1n) is 15.0. The van der Waals surface area contributed by atoms with Gasteiger partial charge in [0, 0.05) is 37.4 Å². The highest BCUT2D eigenvalue weighted by molar-refractivity contribution is 6.33. The molecule has 13 nitrogen and oxygen atoms in total. The van der Waals surface area contributed by atoms with Crippen molar-refractivity contribution in [2.24, 2.45) is 34.5 Å². The standard InChI is InChI=1S/C33H39N7O6/c1-39(2)20-12-18(14-38-11-10-17-8-6-5-7-9-17)24(41)21-19(20)13-31(36)15-33(37)27(40(3)4)26(43)22(30(35)46)28(44)32(33,16-34)29(45)23(31)25(21)42/h5-9,12,22-23,27,38,41H,10-11,13-15,36-37H2,1-4H3,(H2,35,46)/t22?,23?,27-,31-,32+,33-/m1/s1. The number of rotatable bonds is 8. The van der Waals surface area contributed by atoms with Gasteiger partial charge in [0.25, 0.3) is 0 Å². The molecule has 0 spiro atoms. The Morgan fingerprint density at radius 3 is 2.30 bits per heavy atom. The van der Waals surface area contributed by atoms with E-state index in [1.54, 1.807) is 31.1 Å². The third kappa shape index (κ3) is 4.55. The lowest BCUT2D eigenvalue weighted by atomic mass is 9.42. The zero-order valence-electron chi connectivity index (χ0n) is 26.3. The molecular weight excluding hydrogens is 590 g/mol. The summed E-state index contributed by atoms with van der Waals surface area (Å²) in [6.45, 7) is 0.781. The number of Topliss-reactive ketones (excluding diaryl/α,β-unsaturated/α-hetero) is 4. The highest BCUT2D eigenvalue weighted by atomic mass is 16.3. The fourth-order valence-electron chi connectivity index (χ4n) is 7.94. The third-order valence-corrected chi connectivity index (χ3v) is 9.88. The molecule has 242 valence electrons. The first-order chi connectivity index (χ1) is 21.6. The lowest BCUT2D eigenvalue weighted by Crippen LogP contribution is -2.85. The topological polar surface area (TPSA) is 226 Å². The van der Waals surface area contributed by atoms with Gasteiger partial charge in [0.1, 0.15) is 11.7 Å². The maximum Gasteiger partial charge on any atom is 0.235 e. The summed E-state index contributed by atoms with van der Waals surface area (Å²) in [4.78, 5) is 72.0. The van der Waals surface area contributed by atoms with Crippen LogP contribution in [0.25, 0.3) is 0 Å². The van der Waals surface area contributed by atoms with Crippen LogP contribution in [0.15, 0.2) is 36.4 Å². The second-order valence-corrected chi connectivity index (χ2v) is 13.2. The number of carbonyl (C=O) groups is 5. The van der Waals surface area contributed by atoms with Gasteiger partial charge in [0.2, 0.25) is 5.91 Å². The third-order valence-electron chi connectivity index (χ3n) is 9.88. The van der Waals surface area contributed by atoms with E-state index >= 15 is 0 Å².